The molecule has 0 spiro atoms. The second kappa shape index (κ2) is 7.34. The van der Waals surface area contributed by atoms with E-state index in [0.717, 1.165) is 31.9 Å². The minimum absolute atomic E-state index is 0.361. The predicted molar refractivity (Wildman–Crippen MR) is 83.8 cm³/mol. The van der Waals surface area contributed by atoms with E-state index in [4.69, 9.17) is 4.74 Å². The van der Waals surface area contributed by atoms with Crippen LogP contribution in [0.2, 0.25) is 0 Å². The summed E-state index contributed by atoms with van der Waals surface area (Å²) >= 11 is 0. The van der Waals surface area contributed by atoms with Gasteiger partial charge in [-0.2, -0.15) is 0 Å². The molecule has 0 bridgehead atoms. The fourth-order valence-corrected chi connectivity index (χ4v) is 2.86. The molecule has 1 aliphatic heterocycles. The van der Waals surface area contributed by atoms with Crippen LogP contribution >= 0.6 is 0 Å². The molecule has 0 radical (unpaired) electrons. The lowest BCUT2D eigenvalue weighted by Crippen LogP contribution is -2.24. The van der Waals surface area contributed by atoms with Gasteiger partial charge in [-0.25, -0.2) is 0 Å². The molecule has 2 heterocycles. The van der Waals surface area contributed by atoms with E-state index in [1.165, 1.54) is 12.0 Å². The molecule has 1 aromatic carbocycles. The first-order valence-electron chi connectivity index (χ1n) is 7.68. The molecule has 0 saturated carbocycles. The molecule has 110 valence electrons. The van der Waals surface area contributed by atoms with E-state index in [1.54, 1.807) is 0 Å². The highest BCUT2D eigenvalue weighted by Gasteiger charge is 2.21. The summed E-state index contributed by atoms with van der Waals surface area (Å²) in [6.45, 7) is 2.61. The Bertz CT molecular complexity index is 523. The van der Waals surface area contributed by atoms with Crippen LogP contribution in [0.1, 0.15) is 30.1 Å². The van der Waals surface area contributed by atoms with Gasteiger partial charge in [0.1, 0.15) is 0 Å². The summed E-state index contributed by atoms with van der Waals surface area (Å²) in [6.07, 6.45) is 4.14. The maximum Gasteiger partial charge on any atom is 0.0541 e. The Morgan fingerprint density at radius 2 is 2.00 bits per heavy atom. The third-order valence-corrected chi connectivity index (χ3v) is 4.05. The van der Waals surface area contributed by atoms with Crippen LogP contribution in [0.5, 0.6) is 0 Å². The van der Waals surface area contributed by atoms with Crippen molar-refractivity contribution in [2.45, 2.75) is 25.4 Å². The Hall–Kier alpha value is -1.71. The van der Waals surface area contributed by atoms with Crippen LogP contribution in [0.3, 0.4) is 0 Å². The van der Waals surface area contributed by atoms with Crippen LogP contribution in [0.25, 0.3) is 0 Å². The van der Waals surface area contributed by atoms with E-state index in [9.17, 15) is 0 Å². The smallest absolute Gasteiger partial charge is 0.0541 e. The molecule has 1 N–H and O–H groups in total. The standard InChI is InChI=1S/C18H22N2O/c1-2-6-16(7-3-1)18(12-15-9-11-21-14-15)20-13-17-8-4-5-10-19-17/h1-8,10,15,18,20H,9,11-14H2/t15-,18+/m1/s1. The Balaban J connectivity index is 1.66. The topological polar surface area (TPSA) is 34.1 Å². The van der Waals surface area contributed by atoms with Gasteiger partial charge in [-0.3, -0.25) is 4.98 Å². The average Bonchev–Trinajstić information content (AvgIpc) is 3.06. The summed E-state index contributed by atoms with van der Waals surface area (Å²) in [5.74, 6) is 0.659. The zero-order valence-electron chi connectivity index (χ0n) is 12.2. The van der Waals surface area contributed by atoms with Crippen molar-refractivity contribution in [3.05, 3.63) is 66.0 Å². The van der Waals surface area contributed by atoms with Crippen molar-refractivity contribution in [1.82, 2.24) is 10.3 Å². The second-order valence-electron chi connectivity index (χ2n) is 5.63. The molecule has 3 heteroatoms. The number of hydrogen-bond acceptors (Lipinski definition) is 3. The van der Waals surface area contributed by atoms with E-state index in [-0.39, 0.29) is 0 Å². The van der Waals surface area contributed by atoms with Crippen molar-refractivity contribution in [3.8, 4) is 0 Å². The number of nitrogens with one attached hydrogen (secondary N) is 1. The number of pyridine rings is 1. The molecule has 0 aliphatic carbocycles. The van der Waals surface area contributed by atoms with E-state index in [0.29, 0.717) is 12.0 Å². The van der Waals surface area contributed by atoms with Gasteiger partial charge in [0.15, 0.2) is 0 Å². The highest BCUT2D eigenvalue weighted by atomic mass is 16.5. The lowest BCUT2D eigenvalue weighted by molar-refractivity contribution is 0.181. The van der Waals surface area contributed by atoms with Gasteiger partial charge in [0.25, 0.3) is 0 Å². The van der Waals surface area contributed by atoms with Crippen LogP contribution in [0.4, 0.5) is 0 Å². The van der Waals surface area contributed by atoms with Gasteiger partial charge >= 0.3 is 0 Å². The fraction of sp³-hybridized carbons (Fsp3) is 0.389. The van der Waals surface area contributed by atoms with Gasteiger partial charge in [0, 0.05) is 32.0 Å². The number of hydrogen-bond donors (Lipinski definition) is 1. The van der Waals surface area contributed by atoms with Gasteiger partial charge in [-0.15, -0.1) is 0 Å². The minimum atomic E-state index is 0.361. The number of ether oxygens (including phenoxy) is 1. The van der Waals surface area contributed by atoms with Crippen molar-refractivity contribution >= 4 is 0 Å². The lowest BCUT2D eigenvalue weighted by atomic mass is 9.94. The molecular formula is C18H22N2O. The van der Waals surface area contributed by atoms with Gasteiger partial charge in [0.2, 0.25) is 0 Å². The molecule has 1 aliphatic rings. The third-order valence-electron chi connectivity index (χ3n) is 4.05. The summed E-state index contributed by atoms with van der Waals surface area (Å²) in [5, 5.41) is 3.66. The Morgan fingerprint density at radius 1 is 1.14 bits per heavy atom. The third kappa shape index (κ3) is 4.13. The summed E-state index contributed by atoms with van der Waals surface area (Å²) in [7, 11) is 0. The van der Waals surface area contributed by atoms with E-state index < -0.39 is 0 Å². The quantitative estimate of drug-likeness (QED) is 0.882. The normalized spacial score (nSPS) is 19.5. The molecule has 3 nitrogen and oxygen atoms in total. The number of nitrogens with zero attached hydrogens (tertiary/aromatic N) is 1. The molecule has 3 rings (SSSR count). The van der Waals surface area contributed by atoms with E-state index in [1.807, 2.05) is 18.3 Å². The highest BCUT2D eigenvalue weighted by molar-refractivity contribution is 5.19. The molecule has 1 aromatic heterocycles. The number of rotatable bonds is 6. The first kappa shape index (κ1) is 14.2. The van der Waals surface area contributed by atoms with Gasteiger partial charge in [-0.05, 0) is 36.5 Å². The zero-order chi connectivity index (χ0) is 14.3. The highest BCUT2D eigenvalue weighted by Crippen LogP contribution is 2.26. The lowest BCUT2D eigenvalue weighted by Gasteiger charge is -2.22. The summed E-state index contributed by atoms with van der Waals surface area (Å²) in [6, 6.07) is 17.1. The monoisotopic (exact) mass is 282 g/mol. The summed E-state index contributed by atoms with van der Waals surface area (Å²) < 4.78 is 5.52. The second-order valence-corrected chi connectivity index (χ2v) is 5.63. The maximum absolute atomic E-state index is 5.52. The molecule has 0 unspecified atom stereocenters. The average molecular weight is 282 g/mol. The molecule has 2 aromatic rings. The molecule has 21 heavy (non-hydrogen) atoms. The van der Waals surface area contributed by atoms with Crippen molar-refractivity contribution in [2.24, 2.45) is 5.92 Å². The van der Waals surface area contributed by atoms with Crippen molar-refractivity contribution in [3.63, 3.8) is 0 Å². The first-order valence-corrected chi connectivity index (χ1v) is 7.68. The maximum atomic E-state index is 5.52. The van der Waals surface area contributed by atoms with Gasteiger partial charge < -0.3 is 10.1 Å². The zero-order valence-corrected chi connectivity index (χ0v) is 12.2. The van der Waals surface area contributed by atoms with Crippen molar-refractivity contribution < 1.29 is 4.74 Å². The van der Waals surface area contributed by atoms with Gasteiger partial charge in [-0.1, -0.05) is 36.4 Å². The molecule has 1 saturated heterocycles. The van der Waals surface area contributed by atoms with E-state index >= 15 is 0 Å². The van der Waals surface area contributed by atoms with Crippen LogP contribution in [-0.4, -0.2) is 18.2 Å². The Labute approximate surface area is 126 Å². The van der Waals surface area contributed by atoms with E-state index in [2.05, 4.69) is 46.7 Å². The number of benzene rings is 1. The van der Waals surface area contributed by atoms with Crippen LogP contribution in [0.15, 0.2) is 54.7 Å². The molecule has 1 fully saturated rings. The Kier molecular flexibility index (Phi) is 4.98. The largest absolute Gasteiger partial charge is 0.381 e. The SMILES string of the molecule is c1ccc([C@H](C[C@H]2CCOC2)NCc2ccccn2)cc1. The van der Waals surface area contributed by atoms with Crippen molar-refractivity contribution in [2.75, 3.05) is 13.2 Å². The molecular weight excluding hydrogens is 260 g/mol. The molecule has 2 atom stereocenters. The predicted octanol–water partition coefficient (Wildman–Crippen LogP) is 3.34. The summed E-state index contributed by atoms with van der Waals surface area (Å²) in [4.78, 5) is 4.39. The number of aromatic nitrogens is 1. The van der Waals surface area contributed by atoms with Crippen molar-refractivity contribution in [1.29, 1.82) is 0 Å². The molecule has 0 amide bonds. The van der Waals surface area contributed by atoms with Crippen LogP contribution in [0, 0.1) is 5.92 Å². The van der Waals surface area contributed by atoms with Crippen LogP contribution < -0.4 is 5.32 Å². The Morgan fingerprint density at radius 3 is 2.71 bits per heavy atom. The van der Waals surface area contributed by atoms with Gasteiger partial charge in [0.05, 0.1) is 5.69 Å². The fourth-order valence-electron chi connectivity index (χ4n) is 2.86. The summed E-state index contributed by atoms with van der Waals surface area (Å²) in [5.41, 5.74) is 2.43. The first-order chi connectivity index (χ1) is 10.4. The van der Waals surface area contributed by atoms with Crippen LogP contribution in [-0.2, 0) is 11.3 Å². The minimum Gasteiger partial charge on any atom is -0.381 e.